The van der Waals surface area contributed by atoms with E-state index in [1.807, 2.05) is 13.0 Å². The molecule has 1 heterocycles. The Labute approximate surface area is 150 Å². The first kappa shape index (κ1) is 16.0. The van der Waals surface area contributed by atoms with Gasteiger partial charge in [-0.1, -0.05) is 36.4 Å². The molecule has 0 atom stereocenters. The van der Waals surface area contributed by atoms with E-state index in [1.165, 1.54) is 61.5 Å². The van der Waals surface area contributed by atoms with Crippen LogP contribution in [0, 0.1) is 6.92 Å². The molecule has 2 aliphatic rings. The summed E-state index contributed by atoms with van der Waals surface area (Å²) in [6, 6.07) is 15.5. The van der Waals surface area contributed by atoms with E-state index in [-0.39, 0.29) is 0 Å². The van der Waals surface area contributed by atoms with Gasteiger partial charge in [0.2, 0.25) is 0 Å². The van der Waals surface area contributed by atoms with E-state index in [0.29, 0.717) is 0 Å². The predicted octanol–water partition coefficient (Wildman–Crippen LogP) is 5.12. The van der Waals surface area contributed by atoms with Crippen LogP contribution < -0.4 is 0 Å². The first-order valence-electron chi connectivity index (χ1n) is 9.27. The zero-order valence-corrected chi connectivity index (χ0v) is 14.8. The number of benzene rings is 2. The van der Waals surface area contributed by atoms with Crippen LogP contribution in [0.3, 0.4) is 0 Å². The largest absolute Gasteiger partial charge is 0.245 e. The van der Waals surface area contributed by atoms with Crippen molar-refractivity contribution in [2.45, 2.75) is 45.4 Å². The van der Waals surface area contributed by atoms with Crippen molar-refractivity contribution in [3.8, 4) is 11.1 Å². The quantitative estimate of drug-likeness (QED) is 0.572. The summed E-state index contributed by atoms with van der Waals surface area (Å²) >= 11 is 0. The van der Waals surface area contributed by atoms with Crippen LogP contribution in [-0.2, 0) is 25.7 Å². The number of aromatic nitrogens is 2. The molecule has 0 aliphatic heterocycles. The maximum absolute atomic E-state index is 3.87. The van der Waals surface area contributed by atoms with Crippen molar-refractivity contribution < 1.29 is 0 Å². The Hall–Kier alpha value is -2.48. The molecule has 0 saturated heterocycles. The molecule has 0 unspecified atom stereocenters. The van der Waals surface area contributed by atoms with E-state index in [0.717, 1.165) is 5.69 Å². The topological polar surface area (TPSA) is 25.8 Å². The number of fused-ring (bicyclic) bond motifs is 5. The van der Waals surface area contributed by atoms with Crippen LogP contribution in [0.15, 0.2) is 55.0 Å². The van der Waals surface area contributed by atoms with E-state index >= 15 is 0 Å². The number of hydrogen-bond acceptors (Lipinski definition) is 2. The van der Waals surface area contributed by atoms with Crippen LogP contribution in [0.25, 0.3) is 11.1 Å². The number of hydrogen-bond donors (Lipinski definition) is 0. The molecule has 126 valence electrons. The maximum Gasteiger partial charge on any atom is 0.115 e. The molecular formula is C23H24N2. The lowest BCUT2D eigenvalue weighted by Crippen LogP contribution is -2.12. The molecule has 2 aromatic carbocycles. The second-order valence-corrected chi connectivity index (χ2v) is 6.94. The fourth-order valence-corrected chi connectivity index (χ4v) is 4.06. The Morgan fingerprint density at radius 2 is 1.60 bits per heavy atom. The molecule has 3 aromatic rings. The van der Waals surface area contributed by atoms with Crippen molar-refractivity contribution in [2.24, 2.45) is 0 Å². The van der Waals surface area contributed by atoms with Crippen molar-refractivity contribution in [3.05, 3.63) is 82.9 Å². The van der Waals surface area contributed by atoms with Gasteiger partial charge in [-0.05, 0) is 84.9 Å². The second-order valence-electron chi connectivity index (χ2n) is 6.94. The van der Waals surface area contributed by atoms with Gasteiger partial charge in [0.1, 0.15) is 6.33 Å². The molecule has 0 fully saturated rings. The third kappa shape index (κ3) is 3.34. The molecular weight excluding hydrogens is 304 g/mol. The van der Waals surface area contributed by atoms with Gasteiger partial charge in [0.15, 0.2) is 0 Å². The molecule has 25 heavy (non-hydrogen) atoms. The number of nitrogens with zero attached hydrogens (tertiary/aromatic N) is 2. The summed E-state index contributed by atoms with van der Waals surface area (Å²) in [6.45, 7) is 1.93. The van der Waals surface area contributed by atoms with Crippen molar-refractivity contribution in [1.82, 2.24) is 9.97 Å². The summed E-state index contributed by atoms with van der Waals surface area (Å²) in [6.07, 6.45) is 11.1. The molecule has 2 nitrogen and oxygen atoms in total. The monoisotopic (exact) mass is 328 g/mol. The molecule has 2 aliphatic carbocycles. The van der Waals surface area contributed by atoms with Crippen LogP contribution >= 0.6 is 0 Å². The Morgan fingerprint density at radius 3 is 2.40 bits per heavy atom. The fourth-order valence-electron chi connectivity index (χ4n) is 4.06. The Bertz CT molecular complexity index is 869. The SMILES string of the molecule is Cc1ccncn1.c1ccc2c(c1)CCc1c-2ccc2c1CCCC2. The van der Waals surface area contributed by atoms with E-state index in [4.69, 9.17) is 0 Å². The van der Waals surface area contributed by atoms with E-state index in [2.05, 4.69) is 46.4 Å². The third-order valence-electron chi connectivity index (χ3n) is 5.33. The van der Waals surface area contributed by atoms with E-state index in [9.17, 15) is 0 Å². The highest BCUT2D eigenvalue weighted by Gasteiger charge is 2.21. The van der Waals surface area contributed by atoms with Crippen LogP contribution in [0.4, 0.5) is 0 Å². The van der Waals surface area contributed by atoms with Gasteiger partial charge in [-0.3, -0.25) is 0 Å². The normalized spacial score (nSPS) is 14.4. The number of aryl methyl sites for hydroxylation is 3. The van der Waals surface area contributed by atoms with Gasteiger partial charge in [0, 0.05) is 11.9 Å². The minimum Gasteiger partial charge on any atom is -0.245 e. The molecule has 5 rings (SSSR count). The molecule has 0 N–H and O–H groups in total. The lowest BCUT2D eigenvalue weighted by atomic mass is 9.78. The van der Waals surface area contributed by atoms with Gasteiger partial charge >= 0.3 is 0 Å². The standard InChI is InChI=1S/C18H18.C5H6N2/c1-3-7-15-13(5-1)9-11-18-16-8-4-2-6-14(16)10-12-17(15)18;1-5-2-3-6-4-7-5/h1,3,5,7,10,12H,2,4,6,8-9,11H2;2-4H,1H3. The highest BCUT2D eigenvalue weighted by molar-refractivity contribution is 5.75. The zero-order chi connectivity index (χ0) is 17.1. The van der Waals surface area contributed by atoms with Crippen molar-refractivity contribution in [2.75, 3.05) is 0 Å². The van der Waals surface area contributed by atoms with Crippen molar-refractivity contribution >= 4 is 0 Å². The average molecular weight is 328 g/mol. The first-order chi connectivity index (χ1) is 12.3. The molecule has 0 bridgehead atoms. The summed E-state index contributed by atoms with van der Waals surface area (Å²) in [5.41, 5.74) is 10.5. The van der Waals surface area contributed by atoms with E-state index < -0.39 is 0 Å². The first-order valence-corrected chi connectivity index (χ1v) is 9.27. The van der Waals surface area contributed by atoms with Crippen LogP contribution in [0.5, 0.6) is 0 Å². The summed E-state index contributed by atoms with van der Waals surface area (Å²) in [5, 5.41) is 0. The zero-order valence-electron chi connectivity index (χ0n) is 14.8. The minimum absolute atomic E-state index is 1.01. The van der Waals surface area contributed by atoms with E-state index in [1.54, 1.807) is 22.9 Å². The van der Waals surface area contributed by atoms with Gasteiger partial charge in [0.25, 0.3) is 0 Å². The minimum atomic E-state index is 1.01. The van der Waals surface area contributed by atoms with Gasteiger partial charge in [-0.2, -0.15) is 0 Å². The smallest absolute Gasteiger partial charge is 0.115 e. The Morgan fingerprint density at radius 1 is 0.720 bits per heavy atom. The summed E-state index contributed by atoms with van der Waals surface area (Å²) in [4.78, 5) is 7.60. The van der Waals surface area contributed by atoms with Gasteiger partial charge in [-0.25, -0.2) is 9.97 Å². The molecule has 0 spiro atoms. The lowest BCUT2D eigenvalue weighted by Gasteiger charge is -2.26. The van der Waals surface area contributed by atoms with Crippen molar-refractivity contribution in [3.63, 3.8) is 0 Å². The van der Waals surface area contributed by atoms with Gasteiger partial charge in [0.05, 0.1) is 0 Å². The predicted molar refractivity (Wildman–Crippen MR) is 103 cm³/mol. The summed E-state index contributed by atoms with van der Waals surface area (Å²) < 4.78 is 0. The molecule has 0 amide bonds. The lowest BCUT2D eigenvalue weighted by molar-refractivity contribution is 0.676. The average Bonchev–Trinajstić information content (AvgIpc) is 2.68. The van der Waals surface area contributed by atoms with Gasteiger partial charge < -0.3 is 0 Å². The molecule has 2 heteroatoms. The van der Waals surface area contributed by atoms with Crippen LogP contribution in [0.1, 0.15) is 40.8 Å². The fraction of sp³-hybridized carbons (Fsp3) is 0.304. The Balaban J connectivity index is 0.000000190. The maximum atomic E-state index is 3.87. The van der Waals surface area contributed by atoms with Gasteiger partial charge in [-0.15, -0.1) is 0 Å². The Kier molecular flexibility index (Phi) is 4.60. The summed E-state index contributed by atoms with van der Waals surface area (Å²) in [5.74, 6) is 0. The highest BCUT2D eigenvalue weighted by Crippen LogP contribution is 2.38. The molecule has 0 saturated carbocycles. The molecule has 0 radical (unpaired) electrons. The summed E-state index contributed by atoms with van der Waals surface area (Å²) in [7, 11) is 0. The second kappa shape index (κ2) is 7.18. The van der Waals surface area contributed by atoms with Crippen molar-refractivity contribution in [1.29, 1.82) is 0 Å². The number of rotatable bonds is 0. The third-order valence-corrected chi connectivity index (χ3v) is 5.33. The van der Waals surface area contributed by atoms with Crippen LogP contribution in [-0.4, -0.2) is 9.97 Å². The van der Waals surface area contributed by atoms with Crippen LogP contribution in [0.2, 0.25) is 0 Å². The highest BCUT2D eigenvalue weighted by atomic mass is 14.8. The molecule has 1 aromatic heterocycles.